The molecule has 3 rings (SSSR count). The predicted molar refractivity (Wildman–Crippen MR) is 83.1 cm³/mol. The number of anilines is 1. The molecule has 5 heteroatoms. The molecule has 4 nitrogen and oxygen atoms in total. The molecule has 0 spiro atoms. The van der Waals surface area contributed by atoms with Crippen LogP contribution in [0.25, 0.3) is 0 Å². The Morgan fingerprint density at radius 2 is 2.30 bits per heavy atom. The zero-order chi connectivity index (χ0) is 13.9. The van der Waals surface area contributed by atoms with Crippen molar-refractivity contribution in [3.8, 4) is 0 Å². The Morgan fingerprint density at radius 1 is 1.45 bits per heavy atom. The van der Waals surface area contributed by atoms with Crippen LogP contribution in [-0.2, 0) is 13.1 Å². The highest BCUT2D eigenvalue weighted by Gasteiger charge is 2.21. The van der Waals surface area contributed by atoms with Crippen LogP contribution in [0.3, 0.4) is 0 Å². The van der Waals surface area contributed by atoms with Gasteiger partial charge in [-0.2, -0.15) is 0 Å². The molecule has 0 radical (unpaired) electrons. The molecule has 0 amide bonds. The molecule has 2 heterocycles. The Hall–Kier alpha value is -1.46. The van der Waals surface area contributed by atoms with Crippen molar-refractivity contribution < 1.29 is 0 Å². The Bertz CT molecular complexity index is 577. The summed E-state index contributed by atoms with van der Waals surface area (Å²) in [6.45, 7) is 3.74. The minimum atomic E-state index is 0.717. The van der Waals surface area contributed by atoms with Crippen LogP contribution in [0.2, 0.25) is 0 Å². The first-order chi connectivity index (χ1) is 9.72. The van der Waals surface area contributed by atoms with Gasteiger partial charge in [-0.05, 0) is 25.8 Å². The van der Waals surface area contributed by atoms with Crippen molar-refractivity contribution in [2.75, 3.05) is 11.9 Å². The molecule has 20 heavy (non-hydrogen) atoms. The lowest BCUT2D eigenvalue weighted by molar-refractivity contribution is 0.682. The van der Waals surface area contributed by atoms with Crippen molar-refractivity contribution in [3.05, 3.63) is 40.0 Å². The van der Waals surface area contributed by atoms with Gasteiger partial charge in [0.25, 0.3) is 0 Å². The summed E-state index contributed by atoms with van der Waals surface area (Å²) in [5.41, 5.74) is 2.37. The highest BCUT2D eigenvalue weighted by atomic mass is 32.1. The van der Waals surface area contributed by atoms with E-state index in [1.807, 2.05) is 19.2 Å². The second kappa shape index (κ2) is 5.89. The molecule has 1 aliphatic rings. The first-order valence-corrected chi connectivity index (χ1v) is 7.90. The molecule has 1 saturated carbocycles. The van der Waals surface area contributed by atoms with Gasteiger partial charge in [-0.15, -0.1) is 11.3 Å². The van der Waals surface area contributed by atoms with Gasteiger partial charge in [0.1, 0.15) is 5.82 Å². The minimum absolute atomic E-state index is 0.717. The van der Waals surface area contributed by atoms with E-state index in [0.717, 1.165) is 35.7 Å². The second-order valence-corrected chi connectivity index (χ2v) is 6.42. The first-order valence-electron chi connectivity index (χ1n) is 7.02. The van der Waals surface area contributed by atoms with Gasteiger partial charge in [0.15, 0.2) is 0 Å². The molecule has 0 saturated heterocycles. The van der Waals surface area contributed by atoms with Gasteiger partial charge < -0.3 is 10.2 Å². The molecular formula is C15H20N4S. The zero-order valence-corrected chi connectivity index (χ0v) is 12.8. The quantitative estimate of drug-likeness (QED) is 0.887. The Balaban J connectivity index is 1.70. The zero-order valence-electron chi connectivity index (χ0n) is 12.0. The van der Waals surface area contributed by atoms with Crippen molar-refractivity contribution in [1.82, 2.24) is 15.3 Å². The van der Waals surface area contributed by atoms with E-state index >= 15 is 0 Å². The van der Waals surface area contributed by atoms with Crippen LogP contribution < -0.4 is 10.2 Å². The molecule has 1 N–H and O–H groups in total. The summed E-state index contributed by atoms with van der Waals surface area (Å²) in [7, 11) is 2.08. The molecular weight excluding hydrogens is 268 g/mol. The normalized spacial score (nSPS) is 14.5. The van der Waals surface area contributed by atoms with E-state index in [1.165, 1.54) is 18.4 Å². The van der Waals surface area contributed by atoms with Crippen molar-refractivity contribution in [2.45, 2.75) is 38.9 Å². The number of rotatable bonds is 6. The van der Waals surface area contributed by atoms with Crippen molar-refractivity contribution >= 4 is 17.2 Å². The highest BCUT2D eigenvalue weighted by molar-refractivity contribution is 7.09. The third-order valence-electron chi connectivity index (χ3n) is 3.45. The summed E-state index contributed by atoms with van der Waals surface area (Å²) in [6.07, 6.45) is 4.48. The van der Waals surface area contributed by atoms with Crippen LogP contribution in [0, 0.1) is 6.92 Å². The van der Waals surface area contributed by atoms with E-state index < -0.39 is 0 Å². The van der Waals surface area contributed by atoms with Crippen molar-refractivity contribution in [1.29, 1.82) is 0 Å². The summed E-state index contributed by atoms with van der Waals surface area (Å²) in [5, 5.41) is 6.79. The van der Waals surface area contributed by atoms with Gasteiger partial charge in [-0.25, -0.2) is 9.97 Å². The highest BCUT2D eigenvalue weighted by Crippen LogP contribution is 2.22. The summed E-state index contributed by atoms with van der Waals surface area (Å²) in [4.78, 5) is 11.2. The standard InChI is InChI=1S/C15H20N4S/c1-11-18-14(10-20-11)9-19(2)15-12(4-3-7-16-15)8-17-13-5-6-13/h3-4,7,10,13,17H,5-6,8-9H2,1-2H3. The molecule has 0 unspecified atom stereocenters. The van der Waals surface area contributed by atoms with E-state index in [1.54, 1.807) is 11.3 Å². The number of aromatic nitrogens is 2. The van der Waals surface area contributed by atoms with Crippen molar-refractivity contribution in [3.63, 3.8) is 0 Å². The lowest BCUT2D eigenvalue weighted by atomic mass is 10.2. The van der Waals surface area contributed by atoms with Crippen molar-refractivity contribution in [2.24, 2.45) is 0 Å². The molecule has 1 fully saturated rings. The maximum atomic E-state index is 4.54. The van der Waals surface area contributed by atoms with E-state index in [2.05, 4.69) is 38.7 Å². The van der Waals surface area contributed by atoms with E-state index in [4.69, 9.17) is 0 Å². The summed E-state index contributed by atoms with van der Waals surface area (Å²) < 4.78 is 0. The molecule has 1 aliphatic carbocycles. The first kappa shape index (κ1) is 13.5. The molecule has 2 aromatic heterocycles. The molecule has 0 atom stereocenters. The lowest BCUT2D eigenvalue weighted by Gasteiger charge is -2.20. The van der Waals surface area contributed by atoms with Gasteiger partial charge >= 0.3 is 0 Å². The van der Waals surface area contributed by atoms with Crippen LogP contribution in [-0.4, -0.2) is 23.1 Å². The topological polar surface area (TPSA) is 41.1 Å². The third-order valence-corrected chi connectivity index (χ3v) is 4.28. The molecule has 106 valence electrons. The van der Waals surface area contributed by atoms with Crippen LogP contribution >= 0.6 is 11.3 Å². The molecule has 0 aliphatic heterocycles. The van der Waals surface area contributed by atoms with E-state index in [0.29, 0.717) is 0 Å². The second-order valence-electron chi connectivity index (χ2n) is 5.36. The molecule has 0 bridgehead atoms. The Kier molecular flexibility index (Phi) is 3.98. The summed E-state index contributed by atoms with van der Waals surface area (Å²) >= 11 is 1.70. The maximum Gasteiger partial charge on any atom is 0.133 e. The van der Waals surface area contributed by atoms with Gasteiger partial charge in [-0.1, -0.05) is 6.07 Å². The maximum absolute atomic E-state index is 4.54. The number of nitrogens with one attached hydrogen (secondary N) is 1. The fourth-order valence-electron chi connectivity index (χ4n) is 2.25. The van der Waals surface area contributed by atoms with Crippen LogP contribution in [0.4, 0.5) is 5.82 Å². The number of thiazole rings is 1. The minimum Gasteiger partial charge on any atom is -0.353 e. The smallest absolute Gasteiger partial charge is 0.133 e. The average molecular weight is 288 g/mol. The third kappa shape index (κ3) is 3.35. The summed E-state index contributed by atoms with van der Waals surface area (Å²) in [6, 6.07) is 4.88. The summed E-state index contributed by atoms with van der Waals surface area (Å²) in [5.74, 6) is 1.05. The predicted octanol–water partition coefficient (Wildman–Crippen LogP) is 2.73. The largest absolute Gasteiger partial charge is 0.353 e. The lowest BCUT2D eigenvalue weighted by Crippen LogP contribution is -2.22. The number of nitrogens with zero attached hydrogens (tertiary/aromatic N) is 3. The van der Waals surface area contributed by atoms with Gasteiger partial charge in [0.2, 0.25) is 0 Å². The van der Waals surface area contributed by atoms with E-state index in [9.17, 15) is 0 Å². The fraction of sp³-hybridized carbons (Fsp3) is 0.467. The number of pyridine rings is 1. The van der Waals surface area contributed by atoms with Gasteiger partial charge in [0, 0.05) is 36.8 Å². The Labute approximate surface area is 123 Å². The monoisotopic (exact) mass is 288 g/mol. The van der Waals surface area contributed by atoms with Crippen LogP contribution in [0.5, 0.6) is 0 Å². The number of hydrogen-bond donors (Lipinski definition) is 1. The number of hydrogen-bond acceptors (Lipinski definition) is 5. The van der Waals surface area contributed by atoms with E-state index in [-0.39, 0.29) is 0 Å². The average Bonchev–Trinajstić information content (AvgIpc) is 3.19. The SMILES string of the molecule is Cc1nc(CN(C)c2ncccc2CNC2CC2)cs1. The fourth-order valence-corrected chi connectivity index (χ4v) is 2.86. The molecule has 2 aromatic rings. The van der Waals surface area contributed by atoms with Gasteiger partial charge in [-0.3, -0.25) is 0 Å². The number of aryl methyl sites for hydroxylation is 1. The Morgan fingerprint density at radius 3 is 3.00 bits per heavy atom. The van der Waals surface area contributed by atoms with Crippen LogP contribution in [0.1, 0.15) is 29.1 Å². The molecule has 0 aromatic carbocycles. The van der Waals surface area contributed by atoms with Crippen LogP contribution in [0.15, 0.2) is 23.7 Å². The van der Waals surface area contributed by atoms with Gasteiger partial charge in [0.05, 0.1) is 17.2 Å².